The minimum atomic E-state index is -0.447. The maximum atomic E-state index is 10.8. The second kappa shape index (κ2) is 6.56. The normalized spacial score (nSPS) is 16.1. The minimum absolute atomic E-state index is 0.00107. The molecule has 2 rings (SSSR count). The summed E-state index contributed by atoms with van der Waals surface area (Å²) in [6.45, 7) is 0.555. The van der Waals surface area contributed by atoms with Crippen molar-refractivity contribution < 1.29 is 10.0 Å². The van der Waals surface area contributed by atoms with Crippen molar-refractivity contribution in [2.45, 2.75) is 38.1 Å². The summed E-state index contributed by atoms with van der Waals surface area (Å²) in [4.78, 5) is 12.4. The molecule has 1 saturated carbocycles. The smallest absolute Gasteiger partial charge is 0.271 e. The molecular formula is C14H21N3O3. The predicted molar refractivity (Wildman–Crippen MR) is 78.8 cm³/mol. The molecule has 1 fully saturated rings. The Morgan fingerprint density at radius 1 is 1.35 bits per heavy atom. The highest BCUT2D eigenvalue weighted by atomic mass is 16.6. The van der Waals surface area contributed by atoms with Gasteiger partial charge >= 0.3 is 0 Å². The number of nitrogens with zero attached hydrogens (tertiary/aromatic N) is 2. The Hall–Kier alpha value is -1.82. The summed E-state index contributed by atoms with van der Waals surface area (Å²) in [6.07, 6.45) is 5.77. The Morgan fingerprint density at radius 2 is 2.05 bits per heavy atom. The van der Waals surface area contributed by atoms with E-state index < -0.39 is 4.92 Å². The van der Waals surface area contributed by atoms with Crippen LogP contribution in [0.4, 0.5) is 17.1 Å². The number of benzene rings is 1. The Bertz CT molecular complexity index is 473. The molecule has 1 aromatic carbocycles. The van der Waals surface area contributed by atoms with E-state index in [2.05, 4.69) is 4.90 Å². The van der Waals surface area contributed by atoms with Crippen LogP contribution in [0.15, 0.2) is 18.2 Å². The van der Waals surface area contributed by atoms with Crippen molar-refractivity contribution >= 4 is 17.1 Å². The van der Waals surface area contributed by atoms with Gasteiger partial charge in [-0.15, -0.1) is 0 Å². The number of nitro benzene ring substituents is 1. The van der Waals surface area contributed by atoms with Crippen molar-refractivity contribution in [1.29, 1.82) is 0 Å². The zero-order valence-electron chi connectivity index (χ0n) is 11.5. The standard InChI is InChI=1S/C14H21N3O3/c15-13-10-12(17(19)20)6-7-14(13)16(8-9-18)11-4-2-1-3-5-11/h6-7,10-11,18H,1-5,8-9,15H2. The Morgan fingerprint density at radius 3 is 2.60 bits per heavy atom. The molecule has 1 aliphatic carbocycles. The molecular weight excluding hydrogens is 258 g/mol. The third kappa shape index (κ3) is 3.19. The Kier molecular flexibility index (Phi) is 4.79. The first-order chi connectivity index (χ1) is 9.63. The van der Waals surface area contributed by atoms with Crippen molar-refractivity contribution in [3.8, 4) is 0 Å². The average Bonchev–Trinajstić information content (AvgIpc) is 2.46. The molecule has 0 atom stereocenters. The summed E-state index contributed by atoms with van der Waals surface area (Å²) < 4.78 is 0. The van der Waals surface area contributed by atoms with E-state index in [0.717, 1.165) is 18.5 Å². The van der Waals surface area contributed by atoms with Gasteiger partial charge in [0.05, 0.1) is 22.9 Å². The van der Waals surface area contributed by atoms with Crippen LogP contribution >= 0.6 is 0 Å². The zero-order chi connectivity index (χ0) is 14.5. The number of anilines is 2. The fraction of sp³-hybridized carbons (Fsp3) is 0.571. The van der Waals surface area contributed by atoms with Gasteiger partial charge in [0.1, 0.15) is 0 Å². The molecule has 20 heavy (non-hydrogen) atoms. The first kappa shape index (κ1) is 14.6. The summed E-state index contributed by atoms with van der Waals surface area (Å²) in [5.41, 5.74) is 7.16. The molecule has 110 valence electrons. The van der Waals surface area contributed by atoms with Gasteiger partial charge < -0.3 is 15.7 Å². The topological polar surface area (TPSA) is 92.6 Å². The van der Waals surface area contributed by atoms with Gasteiger partial charge in [-0.2, -0.15) is 0 Å². The van der Waals surface area contributed by atoms with Crippen LogP contribution < -0.4 is 10.6 Å². The first-order valence-corrected chi connectivity index (χ1v) is 7.05. The second-order valence-electron chi connectivity index (χ2n) is 5.21. The van der Waals surface area contributed by atoms with E-state index in [-0.39, 0.29) is 12.3 Å². The lowest BCUT2D eigenvalue weighted by Gasteiger charge is -2.36. The quantitative estimate of drug-likeness (QED) is 0.490. The summed E-state index contributed by atoms with van der Waals surface area (Å²) in [5, 5.41) is 20.0. The van der Waals surface area contributed by atoms with Crippen LogP contribution in [0.5, 0.6) is 0 Å². The van der Waals surface area contributed by atoms with Crippen molar-refractivity contribution in [1.82, 2.24) is 0 Å². The maximum absolute atomic E-state index is 10.8. The van der Waals surface area contributed by atoms with Crippen LogP contribution in [0.3, 0.4) is 0 Å². The summed E-state index contributed by atoms with van der Waals surface area (Å²) in [5.74, 6) is 0. The number of aliphatic hydroxyl groups excluding tert-OH is 1. The lowest BCUT2D eigenvalue weighted by Crippen LogP contribution is -2.39. The molecule has 6 nitrogen and oxygen atoms in total. The molecule has 0 saturated heterocycles. The Balaban J connectivity index is 2.26. The number of hydrogen-bond donors (Lipinski definition) is 2. The average molecular weight is 279 g/mol. The Labute approximate surface area is 118 Å². The van der Waals surface area contributed by atoms with Gasteiger partial charge in [-0.25, -0.2) is 0 Å². The highest BCUT2D eigenvalue weighted by Gasteiger charge is 2.23. The van der Waals surface area contributed by atoms with Crippen LogP contribution in [0.1, 0.15) is 32.1 Å². The second-order valence-corrected chi connectivity index (χ2v) is 5.21. The lowest BCUT2D eigenvalue weighted by molar-refractivity contribution is -0.384. The molecule has 0 radical (unpaired) electrons. The molecule has 0 heterocycles. The van der Waals surface area contributed by atoms with Crippen molar-refractivity contribution in [3.63, 3.8) is 0 Å². The fourth-order valence-corrected chi connectivity index (χ4v) is 2.92. The van der Waals surface area contributed by atoms with E-state index in [4.69, 9.17) is 5.73 Å². The fourth-order valence-electron chi connectivity index (χ4n) is 2.92. The molecule has 1 aromatic rings. The van der Waals surface area contributed by atoms with Crippen LogP contribution in [0, 0.1) is 10.1 Å². The molecule has 3 N–H and O–H groups in total. The minimum Gasteiger partial charge on any atom is -0.397 e. The van der Waals surface area contributed by atoms with E-state index in [1.54, 1.807) is 6.07 Å². The number of rotatable bonds is 5. The number of hydrogen-bond acceptors (Lipinski definition) is 5. The predicted octanol–water partition coefficient (Wildman–Crippen LogP) is 2.31. The largest absolute Gasteiger partial charge is 0.397 e. The van der Waals surface area contributed by atoms with E-state index in [0.29, 0.717) is 18.3 Å². The van der Waals surface area contributed by atoms with Crippen LogP contribution in [0.25, 0.3) is 0 Å². The third-order valence-electron chi connectivity index (χ3n) is 3.89. The van der Waals surface area contributed by atoms with E-state index in [1.165, 1.54) is 31.4 Å². The number of nitro groups is 1. The van der Waals surface area contributed by atoms with Crippen LogP contribution in [0.2, 0.25) is 0 Å². The van der Waals surface area contributed by atoms with Gasteiger partial charge in [-0.05, 0) is 18.9 Å². The molecule has 0 aliphatic heterocycles. The van der Waals surface area contributed by atoms with Crippen molar-refractivity contribution in [3.05, 3.63) is 28.3 Å². The van der Waals surface area contributed by atoms with Gasteiger partial charge in [0.2, 0.25) is 0 Å². The molecule has 0 bridgehead atoms. The number of non-ortho nitro benzene ring substituents is 1. The number of aliphatic hydroxyl groups is 1. The van der Waals surface area contributed by atoms with Crippen molar-refractivity contribution in [2.75, 3.05) is 23.8 Å². The van der Waals surface area contributed by atoms with Gasteiger partial charge in [0.25, 0.3) is 5.69 Å². The summed E-state index contributed by atoms with van der Waals surface area (Å²) in [6, 6.07) is 4.92. The molecule has 6 heteroatoms. The van der Waals surface area contributed by atoms with Gasteiger partial charge in [0.15, 0.2) is 0 Å². The van der Waals surface area contributed by atoms with Gasteiger partial charge in [0, 0.05) is 24.7 Å². The molecule has 0 aromatic heterocycles. The summed E-state index contributed by atoms with van der Waals surface area (Å²) >= 11 is 0. The SMILES string of the molecule is Nc1cc([N+](=O)[O-])ccc1N(CCO)C1CCCCC1. The number of nitrogens with two attached hydrogens (primary N) is 1. The number of nitrogen functional groups attached to an aromatic ring is 1. The van der Waals surface area contributed by atoms with E-state index >= 15 is 0 Å². The van der Waals surface area contributed by atoms with Gasteiger partial charge in [-0.3, -0.25) is 10.1 Å². The highest BCUT2D eigenvalue weighted by molar-refractivity contribution is 5.71. The monoisotopic (exact) mass is 279 g/mol. The van der Waals surface area contributed by atoms with Gasteiger partial charge in [-0.1, -0.05) is 19.3 Å². The maximum Gasteiger partial charge on any atom is 0.271 e. The molecule has 0 spiro atoms. The van der Waals surface area contributed by atoms with Crippen LogP contribution in [-0.4, -0.2) is 29.2 Å². The molecule has 0 unspecified atom stereocenters. The third-order valence-corrected chi connectivity index (χ3v) is 3.89. The lowest BCUT2D eigenvalue weighted by atomic mass is 9.93. The molecule has 1 aliphatic rings. The summed E-state index contributed by atoms with van der Waals surface area (Å²) in [7, 11) is 0. The van der Waals surface area contributed by atoms with Crippen LogP contribution in [-0.2, 0) is 0 Å². The van der Waals surface area contributed by atoms with Crippen molar-refractivity contribution in [2.24, 2.45) is 0 Å². The zero-order valence-corrected chi connectivity index (χ0v) is 11.5. The highest BCUT2D eigenvalue weighted by Crippen LogP contribution is 2.32. The van der Waals surface area contributed by atoms with E-state index in [1.807, 2.05) is 0 Å². The first-order valence-electron chi connectivity index (χ1n) is 7.05. The van der Waals surface area contributed by atoms with E-state index in [9.17, 15) is 15.2 Å². The molecule has 0 amide bonds.